The zero-order valence-electron chi connectivity index (χ0n) is 14.3. The molecule has 0 spiro atoms. The van der Waals surface area contributed by atoms with Crippen LogP contribution in [-0.4, -0.2) is 18.1 Å². The molecule has 4 aromatic rings. The molecule has 0 saturated heterocycles. The van der Waals surface area contributed by atoms with Crippen LogP contribution in [0.25, 0.3) is 33.8 Å². The molecule has 3 heteroatoms. The van der Waals surface area contributed by atoms with Crippen molar-refractivity contribution in [2.24, 2.45) is 0 Å². The lowest BCUT2D eigenvalue weighted by atomic mass is 10.0. The molecule has 0 saturated carbocycles. The summed E-state index contributed by atoms with van der Waals surface area (Å²) in [6, 6.07) is 23.8. The van der Waals surface area contributed by atoms with Gasteiger partial charge in [-0.05, 0) is 23.1 Å². The van der Waals surface area contributed by atoms with Gasteiger partial charge in [-0.25, -0.2) is 9.78 Å². The molecule has 0 amide bonds. The Bertz CT molecular complexity index is 1130. The molecular formula is C23H17NO2. The Hall–Kier alpha value is -3.46. The molecule has 0 bridgehead atoms. The van der Waals surface area contributed by atoms with Crippen molar-refractivity contribution in [1.82, 2.24) is 4.98 Å². The quantitative estimate of drug-likeness (QED) is 0.373. The number of carbonyl (C=O) groups excluding carboxylic acids is 1. The number of fused-ring (bicyclic) bond motifs is 3. The second kappa shape index (κ2) is 6.81. The third kappa shape index (κ3) is 2.95. The molecule has 0 atom stereocenters. The Morgan fingerprint density at radius 3 is 2.46 bits per heavy atom. The molecule has 4 rings (SSSR count). The first kappa shape index (κ1) is 16.0. The van der Waals surface area contributed by atoms with Crippen molar-refractivity contribution < 1.29 is 9.53 Å². The van der Waals surface area contributed by atoms with Crippen LogP contribution < -0.4 is 0 Å². The van der Waals surface area contributed by atoms with Crippen LogP contribution in [0.3, 0.4) is 0 Å². The highest BCUT2D eigenvalue weighted by molar-refractivity contribution is 6.12. The van der Waals surface area contributed by atoms with E-state index >= 15 is 0 Å². The summed E-state index contributed by atoms with van der Waals surface area (Å²) in [5.74, 6) is -0.359. The molecule has 3 aromatic carbocycles. The summed E-state index contributed by atoms with van der Waals surface area (Å²) >= 11 is 0. The number of aromatic nitrogens is 1. The van der Waals surface area contributed by atoms with Gasteiger partial charge in [-0.15, -0.1) is 0 Å². The average molecular weight is 339 g/mol. The fourth-order valence-electron chi connectivity index (χ4n) is 3.09. The maximum absolute atomic E-state index is 12.3. The maximum atomic E-state index is 12.3. The fraction of sp³-hybridized carbons (Fsp3) is 0.0435. The first-order chi connectivity index (χ1) is 12.8. The largest absolute Gasteiger partial charge is 0.465 e. The summed E-state index contributed by atoms with van der Waals surface area (Å²) in [5, 5.41) is 2.91. The highest BCUT2D eigenvalue weighted by atomic mass is 16.5. The highest BCUT2D eigenvalue weighted by Crippen LogP contribution is 2.28. The van der Waals surface area contributed by atoms with E-state index in [4.69, 9.17) is 9.72 Å². The summed E-state index contributed by atoms with van der Waals surface area (Å²) in [5.41, 5.74) is 3.12. The molecule has 126 valence electrons. The van der Waals surface area contributed by atoms with E-state index in [1.54, 1.807) is 6.07 Å². The van der Waals surface area contributed by atoms with Gasteiger partial charge in [-0.2, -0.15) is 0 Å². The zero-order chi connectivity index (χ0) is 17.9. The number of ether oxygens (including phenoxy) is 1. The number of methoxy groups -OCH3 is 1. The lowest BCUT2D eigenvalue weighted by Crippen LogP contribution is -2.04. The molecule has 0 aliphatic carbocycles. The number of carbonyl (C=O) groups is 1. The average Bonchev–Trinajstić information content (AvgIpc) is 2.71. The molecular weight excluding hydrogens is 322 g/mol. The number of hydrogen-bond acceptors (Lipinski definition) is 3. The van der Waals surface area contributed by atoms with Gasteiger partial charge in [0.2, 0.25) is 0 Å². The number of pyridine rings is 1. The van der Waals surface area contributed by atoms with Crippen molar-refractivity contribution in [3.63, 3.8) is 0 Å². The van der Waals surface area contributed by atoms with Crippen LogP contribution in [0.2, 0.25) is 0 Å². The van der Waals surface area contributed by atoms with E-state index in [2.05, 4.69) is 0 Å². The van der Waals surface area contributed by atoms with Crippen LogP contribution in [-0.2, 0) is 4.74 Å². The van der Waals surface area contributed by atoms with Crippen LogP contribution in [0.1, 0.15) is 21.6 Å². The van der Waals surface area contributed by atoms with E-state index in [0.29, 0.717) is 5.56 Å². The second-order valence-corrected chi connectivity index (χ2v) is 6.01. The van der Waals surface area contributed by atoms with Gasteiger partial charge in [0.05, 0.1) is 23.9 Å². The Morgan fingerprint density at radius 2 is 1.65 bits per heavy atom. The van der Waals surface area contributed by atoms with Crippen LogP contribution >= 0.6 is 0 Å². The lowest BCUT2D eigenvalue weighted by molar-refractivity contribution is 0.0603. The van der Waals surface area contributed by atoms with Gasteiger partial charge in [0.1, 0.15) is 0 Å². The zero-order valence-corrected chi connectivity index (χ0v) is 14.3. The van der Waals surface area contributed by atoms with E-state index in [9.17, 15) is 4.79 Å². The van der Waals surface area contributed by atoms with Crippen LogP contribution in [0.5, 0.6) is 0 Å². The molecule has 0 radical (unpaired) electrons. The predicted molar refractivity (Wildman–Crippen MR) is 106 cm³/mol. The normalized spacial score (nSPS) is 11.3. The Balaban J connectivity index is 1.94. The molecule has 0 aliphatic rings. The third-order valence-electron chi connectivity index (χ3n) is 4.38. The van der Waals surface area contributed by atoms with E-state index < -0.39 is 0 Å². The van der Waals surface area contributed by atoms with Crippen molar-refractivity contribution in [1.29, 1.82) is 0 Å². The summed E-state index contributed by atoms with van der Waals surface area (Å²) in [6.07, 6.45) is 3.91. The summed E-state index contributed by atoms with van der Waals surface area (Å²) < 4.78 is 4.98. The molecule has 1 heterocycles. The van der Waals surface area contributed by atoms with Gasteiger partial charge in [0.15, 0.2) is 0 Å². The van der Waals surface area contributed by atoms with Crippen molar-refractivity contribution >= 4 is 39.8 Å². The standard InChI is InChI=1S/C23H17NO2/c1-26-23(25)21-15-18(13-11-16-7-3-2-4-8-16)24-22-19-10-6-5-9-17(19)12-14-20(21)22/h2-15H,1H3/b13-11+. The van der Waals surface area contributed by atoms with E-state index in [1.165, 1.54) is 7.11 Å². The van der Waals surface area contributed by atoms with Crippen molar-refractivity contribution in [2.45, 2.75) is 0 Å². The SMILES string of the molecule is COC(=O)c1cc(/C=C/c2ccccc2)nc2c1ccc1ccccc12. The Labute approximate surface area is 151 Å². The highest BCUT2D eigenvalue weighted by Gasteiger charge is 2.14. The lowest BCUT2D eigenvalue weighted by Gasteiger charge is -2.09. The van der Waals surface area contributed by atoms with Gasteiger partial charge in [-0.3, -0.25) is 0 Å². The number of nitrogens with zero attached hydrogens (tertiary/aromatic N) is 1. The van der Waals surface area contributed by atoms with E-state index in [1.807, 2.05) is 78.9 Å². The molecule has 0 unspecified atom stereocenters. The molecule has 0 aliphatic heterocycles. The molecule has 1 aromatic heterocycles. The number of rotatable bonds is 3. The molecule has 26 heavy (non-hydrogen) atoms. The van der Waals surface area contributed by atoms with Gasteiger partial charge in [-0.1, -0.05) is 72.8 Å². The van der Waals surface area contributed by atoms with Gasteiger partial charge in [0.25, 0.3) is 0 Å². The Kier molecular flexibility index (Phi) is 4.20. The van der Waals surface area contributed by atoms with Gasteiger partial charge in [0, 0.05) is 10.8 Å². The molecule has 3 nitrogen and oxygen atoms in total. The smallest absolute Gasteiger partial charge is 0.338 e. The Morgan fingerprint density at radius 1 is 0.885 bits per heavy atom. The summed E-state index contributed by atoms with van der Waals surface area (Å²) in [7, 11) is 1.40. The summed E-state index contributed by atoms with van der Waals surface area (Å²) in [6.45, 7) is 0. The molecule has 0 N–H and O–H groups in total. The first-order valence-electron chi connectivity index (χ1n) is 8.40. The second-order valence-electron chi connectivity index (χ2n) is 6.01. The van der Waals surface area contributed by atoms with E-state index in [-0.39, 0.29) is 5.97 Å². The molecule has 0 fully saturated rings. The monoisotopic (exact) mass is 339 g/mol. The minimum Gasteiger partial charge on any atom is -0.465 e. The fourth-order valence-corrected chi connectivity index (χ4v) is 3.09. The minimum atomic E-state index is -0.359. The van der Waals surface area contributed by atoms with Crippen molar-refractivity contribution in [3.05, 3.63) is 89.6 Å². The number of esters is 1. The van der Waals surface area contributed by atoms with E-state index in [0.717, 1.165) is 32.9 Å². The maximum Gasteiger partial charge on any atom is 0.338 e. The van der Waals surface area contributed by atoms with Crippen molar-refractivity contribution in [3.8, 4) is 0 Å². The van der Waals surface area contributed by atoms with Crippen LogP contribution in [0, 0.1) is 0 Å². The van der Waals surface area contributed by atoms with Crippen LogP contribution in [0.4, 0.5) is 0 Å². The van der Waals surface area contributed by atoms with Gasteiger partial charge >= 0.3 is 5.97 Å². The predicted octanol–water partition coefficient (Wildman–Crippen LogP) is 5.35. The third-order valence-corrected chi connectivity index (χ3v) is 4.38. The van der Waals surface area contributed by atoms with Crippen LogP contribution in [0.15, 0.2) is 72.8 Å². The minimum absolute atomic E-state index is 0.359. The number of benzene rings is 3. The topological polar surface area (TPSA) is 39.2 Å². The number of hydrogen-bond donors (Lipinski definition) is 0. The van der Waals surface area contributed by atoms with Gasteiger partial charge < -0.3 is 4.74 Å². The summed E-state index contributed by atoms with van der Waals surface area (Å²) in [4.78, 5) is 17.1. The first-order valence-corrected chi connectivity index (χ1v) is 8.40. The van der Waals surface area contributed by atoms with Crippen molar-refractivity contribution in [2.75, 3.05) is 7.11 Å².